The van der Waals surface area contributed by atoms with Gasteiger partial charge in [-0.15, -0.1) is 0 Å². The van der Waals surface area contributed by atoms with Gasteiger partial charge in [0.1, 0.15) is 5.82 Å². The fraction of sp³-hybridized carbons (Fsp3) is 0.406. The van der Waals surface area contributed by atoms with Crippen LogP contribution in [0.1, 0.15) is 86.5 Å². The van der Waals surface area contributed by atoms with E-state index in [0.717, 1.165) is 30.2 Å². The van der Waals surface area contributed by atoms with Gasteiger partial charge in [0.15, 0.2) is 0 Å². The second-order valence-electron chi connectivity index (χ2n) is 9.96. The Bertz CT molecular complexity index is 1080. The minimum absolute atomic E-state index is 0.346. The van der Waals surface area contributed by atoms with Crippen molar-refractivity contribution >= 4 is 0 Å². The summed E-state index contributed by atoms with van der Waals surface area (Å²) in [5, 5.41) is 8.92. The van der Waals surface area contributed by atoms with Crippen LogP contribution in [0.3, 0.4) is 0 Å². The summed E-state index contributed by atoms with van der Waals surface area (Å²) in [6.07, 6.45) is 13.0. The van der Waals surface area contributed by atoms with Crippen molar-refractivity contribution in [1.82, 2.24) is 0 Å². The largest absolute Gasteiger partial charge is 0.206 e. The van der Waals surface area contributed by atoms with Crippen LogP contribution in [-0.2, 0) is 12.8 Å². The van der Waals surface area contributed by atoms with E-state index in [-0.39, 0.29) is 5.82 Å². The lowest BCUT2D eigenvalue weighted by Crippen LogP contribution is -2.13. The lowest BCUT2D eigenvalue weighted by molar-refractivity contribution is 0.303. The molecule has 0 bridgehead atoms. The Kier molecular flexibility index (Phi) is 8.53. The number of nitriles is 1. The quantitative estimate of drug-likeness (QED) is 0.297. The molecule has 1 saturated carbocycles. The Balaban J connectivity index is 1.27. The monoisotopic (exact) mass is 453 g/mol. The summed E-state index contributed by atoms with van der Waals surface area (Å²) in [6.45, 7) is 2.29. The lowest BCUT2D eigenvalue weighted by Gasteiger charge is -2.29. The molecule has 1 aliphatic carbocycles. The highest BCUT2D eigenvalue weighted by Crippen LogP contribution is 2.37. The van der Waals surface area contributed by atoms with Gasteiger partial charge in [-0.3, -0.25) is 0 Å². The zero-order chi connectivity index (χ0) is 23.8. The molecule has 1 aliphatic rings. The predicted molar refractivity (Wildman–Crippen MR) is 139 cm³/mol. The van der Waals surface area contributed by atoms with Crippen molar-refractivity contribution in [2.75, 3.05) is 0 Å². The van der Waals surface area contributed by atoms with Gasteiger partial charge < -0.3 is 0 Å². The molecule has 0 radical (unpaired) electrons. The van der Waals surface area contributed by atoms with Gasteiger partial charge in [0.05, 0.1) is 11.6 Å². The first-order valence-corrected chi connectivity index (χ1v) is 13.0. The number of nitrogens with zero attached hydrogens (tertiary/aromatic N) is 1. The zero-order valence-corrected chi connectivity index (χ0v) is 20.4. The van der Waals surface area contributed by atoms with Crippen molar-refractivity contribution in [2.45, 2.75) is 77.0 Å². The van der Waals surface area contributed by atoms with E-state index in [9.17, 15) is 4.39 Å². The van der Waals surface area contributed by atoms with Crippen LogP contribution in [0.2, 0.25) is 0 Å². The first-order valence-electron chi connectivity index (χ1n) is 13.0. The average Bonchev–Trinajstić information content (AvgIpc) is 2.89. The van der Waals surface area contributed by atoms with E-state index < -0.39 is 0 Å². The highest BCUT2D eigenvalue weighted by atomic mass is 19.1. The summed E-state index contributed by atoms with van der Waals surface area (Å²) in [4.78, 5) is 0. The topological polar surface area (TPSA) is 23.8 Å². The van der Waals surface area contributed by atoms with Gasteiger partial charge >= 0.3 is 0 Å². The number of halogens is 1. The Morgan fingerprint density at radius 1 is 0.824 bits per heavy atom. The molecule has 3 aromatic carbocycles. The van der Waals surface area contributed by atoms with Crippen LogP contribution in [0.25, 0.3) is 11.1 Å². The summed E-state index contributed by atoms with van der Waals surface area (Å²) in [5.41, 5.74) is 5.87. The van der Waals surface area contributed by atoms with Crippen molar-refractivity contribution < 1.29 is 4.39 Å². The maximum atomic E-state index is 14.3. The zero-order valence-electron chi connectivity index (χ0n) is 20.4. The maximum Gasteiger partial charge on any atom is 0.132 e. The first kappa shape index (κ1) is 24.2. The van der Waals surface area contributed by atoms with Gasteiger partial charge in [-0.1, -0.05) is 87.2 Å². The van der Waals surface area contributed by atoms with E-state index in [2.05, 4.69) is 43.3 Å². The summed E-state index contributed by atoms with van der Waals surface area (Å²) < 4.78 is 14.3. The number of rotatable bonds is 9. The second kappa shape index (κ2) is 12.0. The lowest BCUT2D eigenvalue weighted by atomic mass is 9.77. The number of unbranched alkanes of at least 4 members (excludes halogenated alkanes) is 2. The van der Waals surface area contributed by atoms with Crippen molar-refractivity contribution in [3.8, 4) is 17.2 Å². The van der Waals surface area contributed by atoms with E-state index in [1.54, 1.807) is 12.1 Å². The number of hydrogen-bond acceptors (Lipinski definition) is 1. The van der Waals surface area contributed by atoms with E-state index >= 15 is 0 Å². The SMILES string of the molecule is CCCCC[C@H]1CC[C@H](c2ccc(CCc3ccc(-c4ccc(C#N)cc4F)cc3)cc2)CC1. The van der Waals surface area contributed by atoms with Crippen LogP contribution < -0.4 is 0 Å². The third kappa shape index (κ3) is 6.35. The van der Waals surface area contributed by atoms with Gasteiger partial charge in [-0.25, -0.2) is 4.39 Å². The van der Waals surface area contributed by atoms with Gasteiger partial charge in [0.2, 0.25) is 0 Å². The number of aryl methyl sites for hydroxylation is 2. The molecule has 1 nitrogen and oxygen atoms in total. The minimum Gasteiger partial charge on any atom is -0.206 e. The molecule has 34 heavy (non-hydrogen) atoms. The molecule has 0 saturated heterocycles. The predicted octanol–water partition coefficient (Wildman–Crippen LogP) is 9.00. The molecule has 0 spiro atoms. The Morgan fingerprint density at radius 3 is 2.06 bits per heavy atom. The van der Waals surface area contributed by atoms with E-state index in [0.29, 0.717) is 11.1 Å². The van der Waals surface area contributed by atoms with Crippen LogP contribution in [0.4, 0.5) is 4.39 Å². The molecule has 4 rings (SSSR count). The Labute approximate surface area is 204 Å². The van der Waals surface area contributed by atoms with Crippen molar-refractivity contribution in [3.05, 3.63) is 94.8 Å². The van der Waals surface area contributed by atoms with Gasteiger partial charge in [-0.05, 0) is 84.7 Å². The average molecular weight is 454 g/mol. The fourth-order valence-electron chi connectivity index (χ4n) is 5.38. The number of benzene rings is 3. The second-order valence-corrected chi connectivity index (χ2v) is 9.96. The standard InChI is InChI=1S/C32H36FN/c1-2-3-4-5-24-8-15-28(16-9-24)29-17-10-25(11-18-29)6-7-26-12-19-30(20-13-26)31-21-14-27(23-34)22-32(31)33/h10-14,17-22,24,28H,2-9,15-16H2,1H3/t24-,28-. The third-order valence-corrected chi connectivity index (χ3v) is 7.58. The normalized spacial score (nSPS) is 17.9. The fourth-order valence-corrected chi connectivity index (χ4v) is 5.38. The van der Waals surface area contributed by atoms with E-state index in [1.807, 2.05) is 18.2 Å². The molecular formula is C32H36FN. The molecule has 3 aromatic rings. The molecule has 0 N–H and O–H groups in total. The molecule has 176 valence electrons. The molecule has 1 fully saturated rings. The van der Waals surface area contributed by atoms with Crippen LogP contribution in [0, 0.1) is 23.1 Å². The van der Waals surface area contributed by atoms with Crippen LogP contribution >= 0.6 is 0 Å². The highest BCUT2D eigenvalue weighted by molar-refractivity contribution is 5.65. The summed E-state index contributed by atoms with van der Waals surface area (Å²) in [6, 6.07) is 24.1. The van der Waals surface area contributed by atoms with Crippen LogP contribution in [0.5, 0.6) is 0 Å². The Hall–Kier alpha value is -2.92. The first-order chi connectivity index (χ1) is 16.7. The van der Waals surface area contributed by atoms with Crippen molar-refractivity contribution in [2.24, 2.45) is 5.92 Å². The van der Waals surface area contributed by atoms with Gasteiger partial charge in [0, 0.05) is 5.56 Å². The minimum atomic E-state index is -0.350. The van der Waals surface area contributed by atoms with Crippen LogP contribution in [-0.4, -0.2) is 0 Å². The molecule has 0 unspecified atom stereocenters. The molecule has 0 atom stereocenters. The van der Waals surface area contributed by atoms with Crippen molar-refractivity contribution in [3.63, 3.8) is 0 Å². The van der Waals surface area contributed by atoms with E-state index in [1.165, 1.54) is 74.1 Å². The maximum absolute atomic E-state index is 14.3. The molecule has 0 amide bonds. The summed E-state index contributed by atoms with van der Waals surface area (Å²) in [5.74, 6) is 1.35. The number of hydrogen-bond donors (Lipinski definition) is 0. The smallest absolute Gasteiger partial charge is 0.132 e. The highest BCUT2D eigenvalue weighted by Gasteiger charge is 2.21. The molecular weight excluding hydrogens is 417 g/mol. The van der Waals surface area contributed by atoms with E-state index in [4.69, 9.17) is 5.26 Å². The third-order valence-electron chi connectivity index (χ3n) is 7.58. The molecule has 0 aliphatic heterocycles. The van der Waals surface area contributed by atoms with Crippen LogP contribution in [0.15, 0.2) is 66.7 Å². The Morgan fingerprint density at radius 2 is 1.47 bits per heavy atom. The molecule has 0 aromatic heterocycles. The summed E-state index contributed by atoms with van der Waals surface area (Å²) in [7, 11) is 0. The van der Waals surface area contributed by atoms with Gasteiger partial charge in [0.25, 0.3) is 0 Å². The molecule has 0 heterocycles. The summed E-state index contributed by atoms with van der Waals surface area (Å²) >= 11 is 0. The van der Waals surface area contributed by atoms with Gasteiger partial charge in [-0.2, -0.15) is 5.26 Å². The molecule has 2 heteroatoms. The van der Waals surface area contributed by atoms with Crippen molar-refractivity contribution in [1.29, 1.82) is 5.26 Å².